The topological polar surface area (TPSA) is 61.0 Å². The Morgan fingerprint density at radius 3 is 2.86 bits per heavy atom. The summed E-state index contributed by atoms with van der Waals surface area (Å²) in [4.78, 5) is 8.89. The van der Waals surface area contributed by atoms with Crippen LogP contribution in [0.15, 0.2) is 40.2 Å². The summed E-state index contributed by atoms with van der Waals surface area (Å²) < 4.78 is 10.2. The Kier molecular flexibility index (Phi) is 4.37. The molecule has 0 aliphatic rings. The van der Waals surface area contributed by atoms with Crippen molar-refractivity contribution in [3.05, 3.63) is 52.1 Å². The maximum Gasteiger partial charge on any atom is 0.277 e. The van der Waals surface area contributed by atoms with Gasteiger partial charge in [-0.05, 0) is 5.56 Å². The van der Waals surface area contributed by atoms with Crippen LogP contribution in [0.3, 0.4) is 0 Å². The number of benzene rings is 1. The molecule has 0 spiro atoms. The maximum absolute atomic E-state index is 5.24. The molecule has 0 bridgehead atoms. The second-order valence-electron chi connectivity index (χ2n) is 4.55. The van der Waals surface area contributed by atoms with E-state index in [4.69, 9.17) is 9.26 Å². The monoisotopic (exact) mass is 301 g/mol. The molecule has 0 aliphatic carbocycles. The van der Waals surface area contributed by atoms with Crippen LogP contribution in [0.1, 0.15) is 16.4 Å². The van der Waals surface area contributed by atoms with Gasteiger partial charge in [-0.3, -0.25) is 0 Å². The van der Waals surface area contributed by atoms with Crippen molar-refractivity contribution in [2.24, 2.45) is 0 Å². The lowest BCUT2D eigenvalue weighted by molar-refractivity contribution is 0.199. The highest BCUT2D eigenvalue weighted by molar-refractivity contribution is 7.10. The number of methoxy groups -OCH3 is 1. The quantitative estimate of drug-likeness (QED) is 0.700. The minimum absolute atomic E-state index is 0.469. The van der Waals surface area contributed by atoms with Crippen molar-refractivity contribution in [3.8, 4) is 11.6 Å². The summed E-state index contributed by atoms with van der Waals surface area (Å²) in [6.07, 6.45) is 1.46. The van der Waals surface area contributed by atoms with Gasteiger partial charge in [0.2, 0.25) is 0 Å². The molecular weight excluding hydrogens is 286 g/mol. The van der Waals surface area contributed by atoms with Crippen molar-refractivity contribution >= 4 is 11.3 Å². The fourth-order valence-corrected chi connectivity index (χ4v) is 2.72. The standard InChI is InChI=1S/C15H15N3O2S/c1-19-8-7-13-17-15(20-18-13)12-10-21-14(16-12)9-11-5-3-2-4-6-11/h2-6,10H,7-9H2,1H3. The van der Waals surface area contributed by atoms with Gasteiger partial charge in [0.1, 0.15) is 5.69 Å². The number of hydrogen-bond acceptors (Lipinski definition) is 6. The molecule has 108 valence electrons. The van der Waals surface area contributed by atoms with Crippen LogP contribution in [0.25, 0.3) is 11.6 Å². The third kappa shape index (κ3) is 3.53. The molecule has 0 aliphatic heterocycles. The van der Waals surface area contributed by atoms with E-state index in [1.54, 1.807) is 18.4 Å². The van der Waals surface area contributed by atoms with Gasteiger partial charge in [0.05, 0.1) is 11.6 Å². The average Bonchev–Trinajstić information content (AvgIpc) is 3.15. The first-order valence-electron chi connectivity index (χ1n) is 6.65. The molecule has 21 heavy (non-hydrogen) atoms. The summed E-state index contributed by atoms with van der Waals surface area (Å²) in [5.74, 6) is 1.11. The van der Waals surface area contributed by atoms with Gasteiger partial charge < -0.3 is 9.26 Å². The van der Waals surface area contributed by atoms with E-state index < -0.39 is 0 Å². The van der Waals surface area contributed by atoms with Gasteiger partial charge in [-0.2, -0.15) is 4.98 Å². The van der Waals surface area contributed by atoms with Crippen LogP contribution in [0, 0.1) is 0 Å². The van der Waals surface area contributed by atoms with E-state index in [2.05, 4.69) is 27.3 Å². The number of nitrogens with zero attached hydrogens (tertiary/aromatic N) is 3. The van der Waals surface area contributed by atoms with Crippen LogP contribution < -0.4 is 0 Å². The Bertz CT molecular complexity index is 694. The van der Waals surface area contributed by atoms with E-state index in [0.29, 0.717) is 24.7 Å². The van der Waals surface area contributed by atoms with Crippen molar-refractivity contribution in [1.29, 1.82) is 0 Å². The summed E-state index contributed by atoms with van der Waals surface area (Å²) >= 11 is 1.60. The molecule has 0 atom stereocenters. The molecule has 0 saturated heterocycles. The third-order valence-electron chi connectivity index (χ3n) is 2.97. The number of ether oxygens (including phenoxy) is 1. The molecule has 0 amide bonds. The van der Waals surface area contributed by atoms with Crippen molar-refractivity contribution in [2.75, 3.05) is 13.7 Å². The van der Waals surface area contributed by atoms with Gasteiger partial charge in [-0.15, -0.1) is 11.3 Å². The molecule has 1 aromatic carbocycles. The Balaban J connectivity index is 1.71. The Morgan fingerprint density at radius 1 is 1.19 bits per heavy atom. The maximum atomic E-state index is 5.24. The zero-order valence-corrected chi connectivity index (χ0v) is 12.5. The summed E-state index contributed by atoms with van der Waals surface area (Å²) in [7, 11) is 1.65. The van der Waals surface area contributed by atoms with Crippen LogP contribution in [0.5, 0.6) is 0 Å². The van der Waals surface area contributed by atoms with Crippen molar-refractivity contribution in [2.45, 2.75) is 12.8 Å². The third-order valence-corrected chi connectivity index (χ3v) is 3.82. The first-order valence-corrected chi connectivity index (χ1v) is 7.53. The molecule has 2 aromatic heterocycles. The van der Waals surface area contributed by atoms with E-state index in [9.17, 15) is 0 Å². The van der Waals surface area contributed by atoms with Gasteiger partial charge in [0, 0.05) is 25.3 Å². The SMILES string of the molecule is COCCc1noc(-c2csc(Cc3ccccc3)n2)n1. The zero-order chi connectivity index (χ0) is 14.5. The summed E-state index contributed by atoms with van der Waals surface area (Å²) in [5, 5.41) is 6.91. The van der Waals surface area contributed by atoms with Gasteiger partial charge in [-0.25, -0.2) is 4.98 Å². The number of thiazole rings is 1. The second kappa shape index (κ2) is 6.60. The molecule has 2 heterocycles. The van der Waals surface area contributed by atoms with E-state index >= 15 is 0 Å². The Hall–Kier alpha value is -2.05. The molecule has 0 N–H and O–H groups in total. The van der Waals surface area contributed by atoms with Crippen molar-refractivity contribution in [1.82, 2.24) is 15.1 Å². The Labute approximate surface area is 126 Å². The van der Waals surface area contributed by atoms with Crippen LogP contribution >= 0.6 is 11.3 Å². The zero-order valence-electron chi connectivity index (χ0n) is 11.7. The van der Waals surface area contributed by atoms with Crippen molar-refractivity contribution in [3.63, 3.8) is 0 Å². The molecule has 0 fully saturated rings. The summed E-state index contributed by atoms with van der Waals surface area (Å²) in [6.45, 7) is 0.579. The van der Waals surface area contributed by atoms with E-state index in [1.807, 2.05) is 23.6 Å². The minimum Gasteiger partial charge on any atom is -0.384 e. The lowest BCUT2D eigenvalue weighted by Crippen LogP contribution is -1.96. The number of hydrogen-bond donors (Lipinski definition) is 0. The van der Waals surface area contributed by atoms with E-state index in [1.165, 1.54) is 5.56 Å². The van der Waals surface area contributed by atoms with Crippen molar-refractivity contribution < 1.29 is 9.26 Å². The molecule has 3 rings (SSSR count). The Morgan fingerprint density at radius 2 is 2.05 bits per heavy atom. The van der Waals surface area contributed by atoms with Crippen LogP contribution in [0.2, 0.25) is 0 Å². The predicted molar refractivity (Wildman–Crippen MR) is 80.2 cm³/mol. The van der Waals surface area contributed by atoms with Crippen LogP contribution in [-0.4, -0.2) is 28.8 Å². The van der Waals surface area contributed by atoms with Gasteiger partial charge in [0.25, 0.3) is 5.89 Å². The lowest BCUT2D eigenvalue weighted by atomic mass is 10.2. The fourth-order valence-electron chi connectivity index (χ4n) is 1.91. The molecule has 0 radical (unpaired) electrons. The first-order chi connectivity index (χ1) is 10.3. The molecular formula is C15H15N3O2S. The van der Waals surface area contributed by atoms with Crippen LogP contribution in [-0.2, 0) is 17.6 Å². The smallest absolute Gasteiger partial charge is 0.277 e. The van der Waals surface area contributed by atoms with Crippen LogP contribution in [0.4, 0.5) is 0 Å². The number of aromatic nitrogens is 3. The largest absolute Gasteiger partial charge is 0.384 e. The lowest BCUT2D eigenvalue weighted by Gasteiger charge is -1.95. The average molecular weight is 301 g/mol. The van der Waals surface area contributed by atoms with Gasteiger partial charge >= 0.3 is 0 Å². The first kappa shape index (κ1) is 13.9. The predicted octanol–water partition coefficient (Wildman–Crippen LogP) is 2.97. The highest BCUT2D eigenvalue weighted by Crippen LogP contribution is 2.22. The molecule has 0 saturated carbocycles. The molecule has 3 aromatic rings. The highest BCUT2D eigenvalue weighted by Gasteiger charge is 2.12. The minimum atomic E-state index is 0.469. The number of rotatable bonds is 6. The molecule has 6 heteroatoms. The van der Waals surface area contributed by atoms with E-state index in [0.717, 1.165) is 17.1 Å². The highest BCUT2D eigenvalue weighted by atomic mass is 32.1. The normalized spacial score (nSPS) is 10.9. The summed E-state index contributed by atoms with van der Waals surface area (Å²) in [5.41, 5.74) is 1.98. The van der Waals surface area contributed by atoms with E-state index in [-0.39, 0.29) is 0 Å². The van der Waals surface area contributed by atoms with Gasteiger partial charge in [0.15, 0.2) is 5.82 Å². The molecule has 5 nitrogen and oxygen atoms in total. The molecule has 0 unspecified atom stereocenters. The van der Waals surface area contributed by atoms with Gasteiger partial charge in [-0.1, -0.05) is 35.5 Å². The second-order valence-corrected chi connectivity index (χ2v) is 5.49. The fraction of sp³-hybridized carbons (Fsp3) is 0.267. The summed E-state index contributed by atoms with van der Waals surface area (Å²) in [6, 6.07) is 10.3.